The summed E-state index contributed by atoms with van der Waals surface area (Å²) in [5.74, 6) is -0.988. The average Bonchev–Trinajstić information content (AvgIpc) is 3.09. The average molecular weight is 327 g/mol. The third-order valence-electron chi connectivity index (χ3n) is 3.42. The topological polar surface area (TPSA) is 67.5 Å². The standard InChI is InChI=1S/C18H11ClO4/c19-15-8-7-11(10-14(15)16-6-3-9-23-16)17(20)12-4-1-2-5-13(12)18(21)22/h1-10H,(H,21,22). The predicted octanol–water partition coefficient (Wildman–Crippen LogP) is 4.53. The zero-order chi connectivity index (χ0) is 16.4. The first-order chi connectivity index (χ1) is 11.1. The van der Waals surface area contributed by atoms with Crippen LogP contribution < -0.4 is 0 Å². The maximum absolute atomic E-state index is 12.7. The van der Waals surface area contributed by atoms with Crippen LogP contribution in [-0.2, 0) is 0 Å². The molecule has 0 unspecified atom stereocenters. The Morgan fingerprint density at radius 1 is 0.957 bits per heavy atom. The summed E-state index contributed by atoms with van der Waals surface area (Å²) in [6.45, 7) is 0. The Kier molecular flexibility index (Phi) is 4.00. The quantitative estimate of drug-likeness (QED) is 0.715. The molecule has 0 fully saturated rings. The van der Waals surface area contributed by atoms with Crippen molar-refractivity contribution in [2.24, 2.45) is 0 Å². The molecule has 1 aromatic heterocycles. The van der Waals surface area contributed by atoms with Crippen molar-refractivity contribution in [3.05, 3.63) is 82.6 Å². The zero-order valence-electron chi connectivity index (χ0n) is 11.8. The molecule has 0 aliphatic heterocycles. The summed E-state index contributed by atoms with van der Waals surface area (Å²) < 4.78 is 5.31. The molecule has 1 heterocycles. The van der Waals surface area contributed by atoms with Crippen molar-refractivity contribution in [2.45, 2.75) is 0 Å². The highest BCUT2D eigenvalue weighted by molar-refractivity contribution is 6.33. The fraction of sp³-hybridized carbons (Fsp3) is 0. The van der Waals surface area contributed by atoms with Crippen LogP contribution in [0.2, 0.25) is 5.02 Å². The third kappa shape index (κ3) is 2.89. The van der Waals surface area contributed by atoms with E-state index in [1.54, 1.807) is 42.5 Å². The SMILES string of the molecule is O=C(O)c1ccccc1C(=O)c1ccc(Cl)c(-c2ccco2)c1. The minimum atomic E-state index is -1.14. The number of benzene rings is 2. The van der Waals surface area contributed by atoms with E-state index in [-0.39, 0.29) is 16.9 Å². The van der Waals surface area contributed by atoms with Gasteiger partial charge in [0.25, 0.3) is 0 Å². The van der Waals surface area contributed by atoms with Gasteiger partial charge >= 0.3 is 5.97 Å². The Balaban J connectivity index is 2.08. The summed E-state index contributed by atoms with van der Waals surface area (Å²) in [6.07, 6.45) is 1.51. The van der Waals surface area contributed by atoms with Gasteiger partial charge in [-0.3, -0.25) is 4.79 Å². The normalized spacial score (nSPS) is 10.5. The largest absolute Gasteiger partial charge is 0.478 e. The summed E-state index contributed by atoms with van der Waals surface area (Å²) >= 11 is 6.15. The number of furan rings is 1. The van der Waals surface area contributed by atoms with E-state index in [0.29, 0.717) is 21.9 Å². The fourth-order valence-corrected chi connectivity index (χ4v) is 2.52. The molecule has 0 saturated heterocycles. The van der Waals surface area contributed by atoms with Gasteiger partial charge in [0.05, 0.1) is 16.8 Å². The van der Waals surface area contributed by atoms with E-state index in [1.807, 2.05) is 0 Å². The van der Waals surface area contributed by atoms with Crippen LogP contribution in [0.3, 0.4) is 0 Å². The lowest BCUT2D eigenvalue weighted by molar-refractivity contribution is 0.0693. The molecule has 1 N–H and O–H groups in total. The maximum Gasteiger partial charge on any atom is 0.336 e. The zero-order valence-corrected chi connectivity index (χ0v) is 12.6. The van der Waals surface area contributed by atoms with E-state index in [9.17, 15) is 14.7 Å². The van der Waals surface area contributed by atoms with E-state index in [2.05, 4.69) is 0 Å². The molecule has 0 atom stereocenters. The van der Waals surface area contributed by atoms with E-state index in [0.717, 1.165) is 0 Å². The summed E-state index contributed by atoms with van der Waals surface area (Å²) in [5.41, 5.74) is 1.02. The molecule has 0 bridgehead atoms. The van der Waals surface area contributed by atoms with Gasteiger partial charge in [-0.25, -0.2) is 4.79 Å². The second-order valence-corrected chi connectivity index (χ2v) is 5.26. The molecule has 0 spiro atoms. The molecule has 0 saturated carbocycles. The number of carboxylic acids is 1. The van der Waals surface area contributed by atoms with Crippen LogP contribution in [-0.4, -0.2) is 16.9 Å². The summed E-state index contributed by atoms with van der Waals surface area (Å²) in [4.78, 5) is 23.9. The Morgan fingerprint density at radius 2 is 1.70 bits per heavy atom. The van der Waals surface area contributed by atoms with Gasteiger partial charge in [-0.1, -0.05) is 29.8 Å². The molecule has 2 aromatic carbocycles. The summed E-state index contributed by atoms with van der Waals surface area (Å²) in [6, 6.07) is 14.3. The highest BCUT2D eigenvalue weighted by Crippen LogP contribution is 2.30. The lowest BCUT2D eigenvalue weighted by atomic mass is 9.97. The predicted molar refractivity (Wildman–Crippen MR) is 86.0 cm³/mol. The number of hydrogen-bond donors (Lipinski definition) is 1. The Labute approximate surface area is 136 Å². The van der Waals surface area contributed by atoms with Crippen LogP contribution in [0.15, 0.2) is 65.3 Å². The van der Waals surface area contributed by atoms with Crippen molar-refractivity contribution in [1.29, 1.82) is 0 Å². The van der Waals surface area contributed by atoms with Gasteiger partial charge in [-0.2, -0.15) is 0 Å². The Morgan fingerprint density at radius 3 is 2.35 bits per heavy atom. The number of carbonyl (C=O) groups is 2. The van der Waals surface area contributed by atoms with Crippen molar-refractivity contribution in [3.63, 3.8) is 0 Å². The molecule has 23 heavy (non-hydrogen) atoms. The van der Waals surface area contributed by atoms with Crippen LogP contribution in [0.4, 0.5) is 0 Å². The van der Waals surface area contributed by atoms with E-state index < -0.39 is 5.97 Å². The highest BCUT2D eigenvalue weighted by Gasteiger charge is 2.19. The van der Waals surface area contributed by atoms with Crippen LogP contribution in [0.25, 0.3) is 11.3 Å². The molecule has 3 rings (SSSR count). The first kappa shape index (κ1) is 15.1. The lowest BCUT2D eigenvalue weighted by Crippen LogP contribution is -2.09. The van der Waals surface area contributed by atoms with Crippen molar-refractivity contribution in [3.8, 4) is 11.3 Å². The molecule has 114 valence electrons. The molecule has 3 aromatic rings. The van der Waals surface area contributed by atoms with Gasteiger partial charge in [-0.15, -0.1) is 0 Å². The van der Waals surface area contributed by atoms with Crippen LogP contribution in [0.5, 0.6) is 0 Å². The second kappa shape index (κ2) is 6.10. The fourth-order valence-electron chi connectivity index (χ4n) is 2.31. The van der Waals surface area contributed by atoms with Crippen LogP contribution in [0, 0.1) is 0 Å². The number of aromatic carboxylic acids is 1. The summed E-state index contributed by atoms with van der Waals surface area (Å²) in [7, 11) is 0. The van der Waals surface area contributed by atoms with E-state index in [4.69, 9.17) is 16.0 Å². The van der Waals surface area contributed by atoms with Gasteiger partial charge in [0.1, 0.15) is 5.76 Å². The van der Waals surface area contributed by atoms with Gasteiger partial charge in [0.15, 0.2) is 5.78 Å². The Bertz CT molecular complexity index is 882. The number of carbonyl (C=O) groups excluding carboxylic acids is 1. The molecular weight excluding hydrogens is 316 g/mol. The molecule has 0 aliphatic carbocycles. The van der Waals surface area contributed by atoms with Gasteiger partial charge in [0.2, 0.25) is 0 Å². The van der Waals surface area contributed by atoms with Crippen LogP contribution in [0.1, 0.15) is 26.3 Å². The number of halogens is 1. The van der Waals surface area contributed by atoms with Gasteiger partial charge in [0, 0.05) is 16.7 Å². The molecular formula is C18H11ClO4. The molecule has 0 radical (unpaired) electrons. The minimum Gasteiger partial charge on any atom is -0.478 e. The van der Waals surface area contributed by atoms with E-state index in [1.165, 1.54) is 18.4 Å². The molecule has 0 amide bonds. The Hall–Kier alpha value is -2.85. The van der Waals surface area contributed by atoms with Gasteiger partial charge < -0.3 is 9.52 Å². The minimum absolute atomic E-state index is 0.0352. The number of hydrogen-bond acceptors (Lipinski definition) is 3. The molecule has 0 aliphatic rings. The van der Waals surface area contributed by atoms with Crippen molar-refractivity contribution < 1.29 is 19.1 Å². The van der Waals surface area contributed by atoms with Crippen molar-refractivity contribution in [1.82, 2.24) is 0 Å². The number of rotatable bonds is 4. The summed E-state index contributed by atoms with van der Waals surface area (Å²) in [5, 5.41) is 9.67. The van der Waals surface area contributed by atoms with Gasteiger partial charge in [-0.05, 0) is 36.4 Å². The molecule has 4 nitrogen and oxygen atoms in total. The number of ketones is 1. The number of carboxylic acid groups (broad SMARTS) is 1. The van der Waals surface area contributed by atoms with Crippen molar-refractivity contribution in [2.75, 3.05) is 0 Å². The lowest BCUT2D eigenvalue weighted by Gasteiger charge is -2.07. The van der Waals surface area contributed by atoms with Crippen molar-refractivity contribution >= 4 is 23.4 Å². The monoisotopic (exact) mass is 326 g/mol. The smallest absolute Gasteiger partial charge is 0.336 e. The van der Waals surface area contributed by atoms with Crippen LogP contribution >= 0.6 is 11.6 Å². The highest BCUT2D eigenvalue weighted by atomic mass is 35.5. The molecule has 5 heteroatoms. The first-order valence-electron chi connectivity index (χ1n) is 6.78. The first-order valence-corrected chi connectivity index (χ1v) is 7.16. The third-order valence-corrected chi connectivity index (χ3v) is 3.75. The maximum atomic E-state index is 12.7. The second-order valence-electron chi connectivity index (χ2n) is 4.85. The van der Waals surface area contributed by atoms with E-state index >= 15 is 0 Å².